The zero-order valence-electron chi connectivity index (χ0n) is 14.0. The van der Waals surface area contributed by atoms with Gasteiger partial charge in [0.05, 0.1) is 16.6 Å². The molecule has 0 atom stereocenters. The van der Waals surface area contributed by atoms with Gasteiger partial charge >= 0.3 is 0 Å². The van der Waals surface area contributed by atoms with Gasteiger partial charge in [-0.1, -0.05) is 52.6 Å². The molecule has 0 aliphatic carbocycles. The minimum atomic E-state index is -0.327. The number of benzene rings is 2. The van der Waals surface area contributed by atoms with Crippen LogP contribution in [0.1, 0.15) is 16.1 Å². The number of rotatable bonds is 6. The van der Waals surface area contributed by atoms with Crippen molar-refractivity contribution in [1.29, 1.82) is 0 Å². The molecular weight excluding hydrogens is 375 g/mol. The summed E-state index contributed by atoms with van der Waals surface area (Å²) in [7, 11) is 0. The fourth-order valence-corrected chi connectivity index (χ4v) is 3.05. The van der Waals surface area contributed by atoms with Crippen molar-refractivity contribution in [2.75, 3.05) is 13.2 Å². The van der Waals surface area contributed by atoms with Crippen molar-refractivity contribution in [1.82, 2.24) is 10.5 Å². The molecule has 1 heterocycles. The maximum atomic E-state index is 12.6. The van der Waals surface area contributed by atoms with Crippen LogP contribution in [0.5, 0.6) is 5.75 Å². The third-order valence-electron chi connectivity index (χ3n) is 3.69. The van der Waals surface area contributed by atoms with E-state index in [1.807, 2.05) is 30.3 Å². The molecule has 5 nitrogen and oxygen atoms in total. The van der Waals surface area contributed by atoms with E-state index in [-0.39, 0.29) is 5.91 Å². The summed E-state index contributed by atoms with van der Waals surface area (Å²) in [4.78, 5) is 12.6. The number of hydrogen-bond acceptors (Lipinski definition) is 4. The molecule has 0 spiro atoms. The summed E-state index contributed by atoms with van der Waals surface area (Å²) in [5.41, 5.74) is 1.10. The van der Waals surface area contributed by atoms with Crippen LogP contribution in [0, 0.1) is 6.92 Å². The lowest BCUT2D eigenvalue weighted by Crippen LogP contribution is -2.28. The summed E-state index contributed by atoms with van der Waals surface area (Å²) in [6, 6.07) is 14.5. The van der Waals surface area contributed by atoms with Crippen LogP contribution in [-0.2, 0) is 0 Å². The van der Waals surface area contributed by atoms with Gasteiger partial charge in [-0.25, -0.2) is 0 Å². The second-order valence-electron chi connectivity index (χ2n) is 5.48. The number of nitrogens with one attached hydrogen (secondary N) is 1. The van der Waals surface area contributed by atoms with Gasteiger partial charge in [-0.2, -0.15) is 0 Å². The SMILES string of the molecule is Cc1onc(-c2c(Cl)cccc2Cl)c1C(=O)NCCOc1ccccc1. The largest absolute Gasteiger partial charge is 0.492 e. The van der Waals surface area contributed by atoms with Gasteiger partial charge in [-0.15, -0.1) is 0 Å². The molecule has 26 heavy (non-hydrogen) atoms. The molecule has 0 aliphatic rings. The Bertz CT molecular complexity index is 890. The first kappa shape index (κ1) is 18.3. The van der Waals surface area contributed by atoms with Crippen LogP contribution in [0.4, 0.5) is 0 Å². The van der Waals surface area contributed by atoms with Crippen molar-refractivity contribution >= 4 is 29.1 Å². The van der Waals surface area contributed by atoms with Crippen molar-refractivity contribution in [2.45, 2.75) is 6.92 Å². The number of nitrogens with zero attached hydrogens (tertiary/aromatic N) is 1. The number of carbonyl (C=O) groups is 1. The standard InChI is InChI=1S/C19H16Cl2N2O3/c1-12-16(18(23-26-12)17-14(20)8-5-9-15(17)21)19(24)22-10-11-25-13-6-3-2-4-7-13/h2-9H,10-11H2,1H3,(H,22,24). The topological polar surface area (TPSA) is 64.4 Å². The van der Waals surface area contributed by atoms with Gasteiger partial charge in [0.2, 0.25) is 0 Å². The molecular formula is C19H16Cl2N2O3. The van der Waals surface area contributed by atoms with Gasteiger partial charge in [0.1, 0.15) is 29.4 Å². The molecule has 0 bridgehead atoms. The number of aromatic nitrogens is 1. The van der Waals surface area contributed by atoms with Gasteiger partial charge in [0.25, 0.3) is 5.91 Å². The summed E-state index contributed by atoms with van der Waals surface area (Å²) in [6.07, 6.45) is 0. The molecule has 0 aliphatic heterocycles. The number of ether oxygens (including phenoxy) is 1. The Kier molecular flexibility index (Phi) is 5.81. The average molecular weight is 391 g/mol. The second-order valence-corrected chi connectivity index (χ2v) is 6.29. The van der Waals surface area contributed by atoms with Crippen LogP contribution in [0.3, 0.4) is 0 Å². The highest BCUT2D eigenvalue weighted by molar-refractivity contribution is 6.39. The Morgan fingerprint density at radius 1 is 1.12 bits per heavy atom. The first-order valence-corrected chi connectivity index (χ1v) is 8.70. The Morgan fingerprint density at radius 2 is 1.81 bits per heavy atom. The first-order chi connectivity index (χ1) is 12.6. The van der Waals surface area contributed by atoms with E-state index in [9.17, 15) is 4.79 Å². The number of hydrogen-bond donors (Lipinski definition) is 1. The van der Waals surface area contributed by atoms with Crippen molar-refractivity contribution in [3.05, 3.63) is 69.9 Å². The zero-order chi connectivity index (χ0) is 18.5. The van der Waals surface area contributed by atoms with Gasteiger partial charge in [-0.05, 0) is 31.2 Å². The molecule has 1 amide bonds. The molecule has 0 fully saturated rings. The Balaban J connectivity index is 1.71. The van der Waals surface area contributed by atoms with E-state index in [4.69, 9.17) is 32.5 Å². The van der Waals surface area contributed by atoms with Crippen molar-refractivity contribution in [2.24, 2.45) is 0 Å². The quantitative estimate of drug-likeness (QED) is 0.615. The average Bonchev–Trinajstić information content (AvgIpc) is 3.01. The fourth-order valence-electron chi connectivity index (χ4n) is 2.47. The Hall–Kier alpha value is -2.50. The van der Waals surface area contributed by atoms with E-state index in [2.05, 4.69) is 10.5 Å². The highest BCUT2D eigenvalue weighted by Crippen LogP contribution is 2.36. The van der Waals surface area contributed by atoms with Crippen molar-refractivity contribution < 1.29 is 14.1 Å². The number of aryl methyl sites for hydroxylation is 1. The molecule has 2 aromatic carbocycles. The van der Waals surface area contributed by atoms with Crippen LogP contribution in [-0.4, -0.2) is 24.2 Å². The van der Waals surface area contributed by atoms with E-state index < -0.39 is 0 Å². The van der Waals surface area contributed by atoms with Crippen molar-refractivity contribution in [3.8, 4) is 17.0 Å². The third-order valence-corrected chi connectivity index (χ3v) is 4.32. The smallest absolute Gasteiger partial charge is 0.257 e. The normalized spacial score (nSPS) is 10.6. The Morgan fingerprint density at radius 3 is 2.50 bits per heavy atom. The molecule has 0 radical (unpaired) electrons. The zero-order valence-corrected chi connectivity index (χ0v) is 15.5. The van der Waals surface area contributed by atoms with Gasteiger partial charge in [0.15, 0.2) is 0 Å². The summed E-state index contributed by atoms with van der Waals surface area (Å²) in [6.45, 7) is 2.33. The second kappa shape index (κ2) is 8.25. The first-order valence-electron chi connectivity index (χ1n) is 7.94. The number of halogens is 2. The van der Waals surface area contributed by atoms with E-state index in [0.717, 1.165) is 5.75 Å². The molecule has 0 saturated heterocycles. The predicted octanol–water partition coefficient (Wildman–Crippen LogP) is 4.77. The maximum Gasteiger partial charge on any atom is 0.257 e. The number of carbonyl (C=O) groups excluding carboxylic acids is 1. The summed E-state index contributed by atoms with van der Waals surface area (Å²) in [5.74, 6) is 0.801. The summed E-state index contributed by atoms with van der Waals surface area (Å²) >= 11 is 12.5. The van der Waals surface area contributed by atoms with Crippen LogP contribution >= 0.6 is 23.2 Å². The van der Waals surface area contributed by atoms with Gasteiger partial charge in [0, 0.05) is 5.56 Å². The van der Waals surface area contributed by atoms with Crippen LogP contribution in [0.2, 0.25) is 10.0 Å². The lowest BCUT2D eigenvalue weighted by atomic mass is 10.1. The van der Waals surface area contributed by atoms with Gasteiger partial charge < -0.3 is 14.6 Å². The lowest BCUT2D eigenvalue weighted by Gasteiger charge is -2.09. The van der Waals surface area contributed by atoms with Crippen LogP contribution in [0.25, 0.3) is 11.3 Å². The monoisotopic (exact) mass is 390 g/mol. The fraction of sp³-hybridized carbons (Fsp3) is 0.158. The molecule has 0 unspecified atom stereocenters. The minimum Gasteiger partial charge on any atom is -0.492 e. The van der Waals surface area contributed by atoms with E-state index in [1.165, 1.54) is 0 Å². The number of amides is 1. The van der Waals surface area contributed by atoms with Crippen LogP contribution < -0.4 is 10.1 Å². The predicted molar refractivity (Wildman–Crippen MR) is 101 cm³/mol. The molecule has 3 rings (SSSR count). The molecule has 1 N–H and O–H groups in total. The highest BCUT2D eigenvalue weighted by Gasteiger charge is 2.24. The maximum absolute atomic E-state index is 12.6. The van der Waals surface area contributed by atoms with Crippen LogP contribution in [0.15, 0.2) is 53.1 Å². The lowest BCUT2D eigenvalue weighted by molar-refractivity contribution is 0.0946. The van der Waals surface area contributed by atoms with Gasteiger partial charge in [-0.3, -0.25) is 4.79 Å². The molecule has 1 aromatic heterocycles. The minimum absolute atomic E-state index is 0.305. The molecule has 7 heteroatoms. The molecule has 3 aromatic rings. The summed E-state index contributed by atoms with van der Waals surface area (Å²) < 4.78 is 10.8. The Labute approximate surface area is 160 Å². The van der Waals surface area contributed by atoms with E-state index >= 15 is 0 Å². The third kappa shape index (κ3) is 4.00. The van der Waals surface area contributed by atoms with E-state index in [1.54, 1.807) is 25.1 Å². The van der Waals surface area contributed by atoms with Crippen molar-refractivity contribution in [3.63, 3.8) is 0 Å². The number of para-hydroxylation sites is 1. The highest BCUT2D eigenvalue weighted by atomic mass is 35.5. The summed E-state index contributed by atoms with van der Waals surface area (Å²) in [5, 5.41) is 7.55. The molecule has 134 valence electrons. The molecule has 0 saturated carbocycles. The van der Waals surface area contributed by atoms with E-state index in [0.29, 0.717) is 45.8 Å².